The molecule has 1 atom stereocenters. The molecule has 7 heteroatoms. The molecule has 1 unspecified atom stereocenters. The number of imidazole rings is 1. The maximum atomic E-state index is 12.3. The SMILES string of the molecule is O=c1[nH]c2ccc(-n3ccnc3)cc2n(CC2CCCO2)c1=O. The first-order valence-electron chi connectivity index (χ1n) is 7.59. The zero-order chi connectivity index (χ0) is 15.8. The first kappa shape index (κ1) is 14.0. The molecular weight excluding hydrogens is 296 g/mol. The quantitative estimate of drug-likeness (QED) is 0.733. The van der Waals surface area contributed by atoms with Gasteiger partial charge in [-0.1, -0.05) is 0 Å². The molecule has 1 aliphatic rings. The second-order valence-corrected chi connectivity index (χ2v) is 5.68. The van der Waals surface area contributed by atoms with Gasteiger partial charge in [0.05, 0.1) is 30.0 Å². The van der Waals surface area contributed by atoms with Gasteiger partial charge in [-0.3, -0.25) is 14.2 Å². The summed E-state index contributed by atoms with van der Waals surface area (Å²) >= 11 is 0. The Morgan fingerprint density at radius 1 is 1.35 bits per heavy atom. The molecule has 1 aliphatic heterocycles. The number of benzene rings is 1. The maximum absolute atomic E-state index is 12.3. The van der Waals surface area contributed by atoms with Gasteiger partial charge in [-0.2, -0.15) is 0 Å². The number of ether oxygens (including phenoxy) is 1. The van der Waals surface area contributed by atoms with Crippen LogP contribution < -0.4 is 11.1 Å². The smallest absolute Gasteiger partial charge is 0.316 e. The molecule has 3 heterocycles. The topological polar surface area (TPSA) is 81.9 Å². The second kappa shape index (κ2) is 5.51. The fourth-order valence-electron chi connectivity index (χ4n) is 3.00. The van der Waals surface area contributed by atoms with Crippen molar-refractivity contribution in [2.45, 2.75) is 25.5 Å². The van der Waals surface area contributed by atoms with E-state index >= 15 is 0 Å². The zero-order valence-electron chi connectivity index (χ0n) is 12.4. The molecule has 0 amide bonds. The number of nitrogens with one attached hydrogen (secondary N) is 1. The van der Waals surface area contributed by atoms with Crippen molar-refractivity contribution in [3.63, 3.8) is 0 Å². The molecule has 2 aromatic heterocycles. The van der Waals surface area contributed by atoms with Crippen molar-refractivity contribution in [3.8, 4) is 5.69 Å². The van der Waals surface area contributed by atoms with Crippen LogP contribution in [0.3, 0.4) is 0 Å². The fourth-order valence-corrected chi connectivity index (χ4v) is 3.00. The number of hydrogen-bond donors (Lipinski definition) is 1. The highest BCUT2D eigenvalue weighted by molar-refractivity contribution is 5.77. The maximum Gasteiger partial charge on any atom is 0.316 e. The summed E-state index contributed by atoms with van der Waals surface area (Å²) in [5, 5.41) is 0. The molecule has 118 valence electrons. The first-order chi connectivity index (χ1) is 11.2. The van der Waals surface area contributed by atoms with Gasteiger partial charge in [0.15, 0.2) is 0 Å². The Morgan fingerprint density at radius 3 is 3.00 bits per heavy atom. The number of aromatic amines is 1. The number of rotatable bonds is 3. The Labute approximate surface area is 131 Å². The van der Waals surface area contributed by atoms with Gasteiger partial charge in [-0.05, 0) is 31.0 Å². The predicted octanol–water partition coefficient (Wildman–Crippen LogP) is 1.05. The number of fused-ring (bicyclic) bond motifs is 1. The lowest BCUT2D eigenvalue weighted by Gasteiger charge is -2.15. The Balaban J connectivity index is 1.89. The summed E-state index contributed by atoms with van der Waals surface area (Å²) in [6, 6.07) is 5.56. The average molecular weight is 312 g/mol. The Kier molecular flexibility index (Phi) is 3.34. The molecule has 3 aromatic rings. The minimum absolute atomic E-state index is 0.0189. The lowest BCUT2D eigenvalue weighted by atomic mass is 10.2. The third kappa shape index (κ3) is 2.49. The molecular formula is C16H16N4O3. The lowest BCUT2D eigenvalue weighted by Crippen LogP contribution is -2.38. The van der Waals surface area contributed by atoms with E-state index in [0.717, 1.165) is 18.5 Å². The van der Waals surface area contributed by atoms with Crippen LogP contribution in [0.5, 0.6) is 0 Å². The van der Waals surface area contributed by atoms with Crippen LogP contribution in [0.25, 0.3) is 16.7 Å². The van der Waals surface area contributed by atoms with Crippen LogP contribution in [0.4, 0.5) is 0 Å². The van der Waals surface area contributed by atoms with E-state index in [1.165, 1.54) is 4.57 Å². The minimum Gasteiger partial charge on any atom is -0.376 e. The van der Waals surface area contributed by atoms with Gasteiger partial charge in [0.2, 0.25) is 0 Å². The second-order valence-electron chi connectivity index (χ2n) is 5.68. The van der Waals surface area contributed by atoms with Crippen LogP contribution in [0.2, 0.25) is 0 Å². The molecule has 0 saturated carbocycles. The minimum atomic E-state index is -0.606. The van der Waals surface area contributed by atoms with E-state index in [1.54, 1.807) is 18.6 Å². The van der Waals surface area contributed by atoms with Crippen LogP contribution in [-0.4, -0.2) is 31.8 Å². The van der Waals surface area contributed by atoms with Gasteiger partial charge in [-0.25, -0.2) is 4.98 Å². The standard InChI is InChI=1S/C16H16N4O3/c21-15-16(22)20(9-12-2-1-7-23-12)14-8-11(3-4-13(14)18-15)19-6-5-17-10-19/h3-6,8,10,12H,1-2,7,9H2,(H,18,21). The van der Waals surface area contributed by atoms with E-state index < -0.39 is 11.1 Å². The van der Waals surface area contributed by atoms with Crippen molar-refractivity contribution in [2.75, 3.05) is 6.61 Å². The predicted molar refractivity (Wildman–Crippen MR) is 84.9 cm³/mol. The molecule has 0 spiro atoms. The summed E-state index contributed by atoms with van der Waals surface area (Å²) in [6.07, 6.45) is 7.08. The summed E-state index contributed by atoms with van der Waals surface area (Å²) in [7, 11) is 0. The highest BCUT2D eigenvalue weighted by Crippen LogP contribution is 2.18. The highest BCUT2D eigenvalue weighted by atomic mass is 16.5. The Morgan fingerprint density at radius 2 is 2.26 bits per heavy atom. The molecule has 0 aliphatic carbocycles. The third-order valence-electron chi connectivity index (χ3n) is 4.17. The molecule has 23 heavy (non-hydrogen) atoms. The van der Waals surface area contributed by atoms with Gasteiger partial charge in [0.1, 0.15) is 0 Å². The van der Waals surface area contributed by atoms with Gasteiger partial charge in [0, 0.05) is 24.7 Å². The van der Waals surface area contributed by atoms with Crippen molar-refractivity contribution in [2.24, 2.45) is 0 Å². The molecule has 1 aromatic carbocycles. The summed E-state index contributed by atoms with van der Waals surface area (Å²) < 4.78 is 8.99. The highest BCUT2D eigenvalue weighted by Gasteiger charge is 2.19. The van der Waals surface area contributed by atoms with Crippen molar-refractivity contribution in [1.29, 1.82) is 0 Å². The number of H-pyrrole nitrogens is 1. The van der Waals surface area contributed by atoms with Gasteiger partial charge in [-0.15, -0.1) is 0 Å². The van der Waals surface area contributed by atoms with Crippen molar-refractivity contribution < 1.29 is 4.74 Å². The van der Waals surface area contributed by atoms with Crippen molar-refractivity contribution in [1.82, 2.24) is 19.1 Å². The molecule has 1 fully saturated rings. The van der Waals surface area contributed by atoms with Gasteiger partial charge >= 0.3 is 11.1 Å². The zero-order valence-corrected chi connectivity index (χ0v) is 12.4. The van der Waals surface area contributed by atoms with Crippen LogP contribution in [-0.2, 0) is 11.3 Å². The molecule has 4 rings (SSSR count). The Bertz CT molecular complexity index is 950. The van der Waals surface area contributed by atoms with Crippen LogP contribution in [0, 0.1) is 0 Å². The molecule has 1 N–H and O–H groups in total. The van der Waals surface area contributed by atoms with Crippen LogP contribution in [0.1, 0.15) is 12.8 Å². The fraction of sp³-hybridized carbons (Fsp3) is 0.312. The first-order valence-corrected chi connectivity index (χ1v) is 7.59. The van der Waals surface area contributed by atoms with Crippen molar-refractivity contribution >= 4 is 11.0 Å². The largest absolute Gasteiger partial charge is 0.376 e. The van der Waals surface area contributed by atoms with E-state index in [-0.39, 0.29) is 6.10 Å². The molecule has 7 nitrogen and oxygen atoms in total. The van der Waals surface area contributed by atoms with E-state index in [9.17, 15) is 9.59 Å². The average Bonchev–Trinajstić information content (AvgIpc) is 3.25. The Hall–Kier alpha value is -2.67. The molecule has 0 radical (unpaired) electrons. The van der Waals surface area contributed by atoms with Crippen molar-refractivity contribution in [3.05, 3.63) is 57.6 Å². The monoisotopic (exact) mass is 312 g/mol. The molecule has 0 bridgehead atoms. The van der Waals surface area contributed by atoms with E-state index in [1.807, 2.05) is 22.9 Å². The van der Waals surface area contributed by atoms with Crippen LogP contribution >= 0.6 is 0 Å². The van der Waals surface area contributed by atoms with Gasteiger partial charge < -0.3 is 14.3 Å². The van der Waals surface area contributed by atoms with Gasteiger partial charge in [0.25, 0.3) is 0 Å². The summed E-state index contributed by atoms with van der Waals surface area (Å²) in [5.41, 5.74) is 1.05. The lowest BCUT2D eigenvalue weighted by molar-refractivity contribution is 0.0971. The normalized spacial score (nSPS) is 17.8. The summed E-state index contributed by atoms with van der Waals surface area (Å²) in [6.45, 7) is 1.10. The van der Waals surface area contributed by atoms with E-state index in [4.69, 9.17) is 4.74 Å². The number of aromatic nitrogens is 4. The van der Waals surface area contributed by atoms with Crippen LogP contribution in [0.15, 0.2) is 46.5 Å². The summed E-state index contributed by atoms with van der Waals surface area (Å²) in [4.78, 5) is 30.9. The van der Waals surface area contributed by atoms with E-state index in [2.05, 4.69) is 9.97 Å². The number of hydrogen-bond acceptors (Lipinski definition) is 4. The summed E-state index contributed by atoms with van der Waals surface area (Å²) in [5.74, 6) is 0. The van der Waals surface area contributed by atoms with E-state index in [0.29, 0.717) is 24.2 Å². The molecule has 1 saturated heterocycles. The third-order valence-corrected chi connectivity index (χ3v) is 4.17. The number of nitrogens with zero attached hydrogens (tertiary/aromatic N) is 3.